The molecule has 24 heavy (non-hydrogen) atoms. The fourth-order valence-corrected chi connectivity index (χ4v) is 3.33. The first-order chi connectivity index (χ1) is 11.5. The number of aromatic nitrogens is 2. The van der Waals surface area contributed by atoms with Gasteiger partial charge in [-0.3, -0.25) is 19.6 Å². The van der Waals surface area contributed by atoms with Gasteiger partial charge in [0.15, 0.2) is 0 Å². The van der Waals surface area contributed by atoms with Gasteiger partial charge in [-0.2, -0.15) is 5.10 Å². The number of hydrogen-bond donors (Lipinski definition) is 3. The zero-order chi connectivity index (χ0) is 17.3. The van der Waals surface area contributed by atoms with Crippen molar-refractivity contribution in [1.82, 2.24) is 20.4 Å². The molecule has 128 valence electrons. The van der Waals surface area contributed by atoms with Gasteiger partial charge in [0.25, 0.3) is 5.91 Å². The summed E-state index contributed by atoms with van der Waals surface area (Å²) in [5.74, 6) is -0.927. The fraction of sp³-hybridized carbons (Fsp3) is 0.471. The number of carboxylic acids is 1. The highest BCUT2D eigenvalue weighted by atomic mass is 16.4. The summed E-state index contributed by atoms with van der Waals surface area (Å²) in [4.78, 5) is 25.4. The first kappa shape index (κ1) is 16.4. The Morgan fingerprint density at radius 3 is 2.83 bits per heavy atom. The molecule has 1 aliphatic rings. The molecule has 0 spiro atoms. The molecule has 1 aromatic heterocycles. The third-order valence-corrected chi connectivity index (χ3v) is 4.65. The van der Waals surface area contributed by atoms with Crippen LogP contribution in [0.15, 0.2) is 18.3 Å². The summed E-state index contributed by atoms with van der Waals surface area (Å²) in [6.45, 7) is 4.66. The number of H-pyrrole nitrogens is 1. The van der Waals surface area contributed by atoms with E-state index in [4.69, 9.17) is 5.11 Å². The van der Waals surface area contributed by atoms with E-state index in [9.17, 15) is 9.59 Å². The zero-order valence-electron chi connectivity index (χ0n) is 13.9. The standard InChI is InChI=1S/C17H22N4O3/c1-3-21(9-15(22)23)13-6-12(7-13)19-17(24)14-5-10(2)4-11-8-18-20-16(11)14/h4-5,8,12-13H,3,6-7,9H2,1-2H3,(H,18,20)(H,19,24)(H,22,23). The van der Waals surface area contributed by atoms with E-state index >= 15 is 0 Å². The van der Waals surface area contributed by atoms with Gasteiger partial charge in [0, 0.05) is 17.5 Å². The maximum absolute atomic E-state index is 12.6. The van der Waals surface area contributed by atoms with Crippen LogP contribution in [-0.4, -0.2) is 57.3 Å². The number of aromatic amines is 1. The summed E-state index contributed by atoms with van der Waals surface area (Å²) < 4.78 is 0. The van der Waals surface area contributed by atoms with Gasteiger partial charge >= 0.3 is 5.97 Å². The minimum atomic E-state index is -0.814. The van der Waals surface area contributed by atoms with Crippen LogP contribution >= 0.6 is 0 Å². The molecule has 2 aromatic rings. The Balaban J connectivity index is 1.62. The van der Waals surface area contributed by atoms with E-state index in [0.29, 0.717) is 12.1 Å². The van der Waals surface area contributed by atoms with Crippen LogP contribution in [0.2, 0.25) is 0 Å². The van der Waals surface area contributed by atoms with Crippen LogP contribution in [0.5, 0.6) is 0 Å². The van der Waals surface area contributed by atoms with Gasteiger partial charge in [0.1, 0.15) is 0 Å². The lowest BCUT2D eigenvalue weighted by Crippen LogP contribution is -2.54. The van der Waals surface area contributed by atoms with Crippen molar-refractivity contribution < 1.29 is 14.7 Å². The SMILES string of the molecule is CCN(CC(=O)O)C1CC(NC(=O)c2cc(C)cc3cn[nH]c23)C1. The van der Waals surface area contributed by atoms with E-state index in [-0.39, 0.29) is 24.5 Å². The van der Waals surface area contributed by atoms with Crippen LogP contribution in [0.4, 0.5) is 0 Å². The number of rotatable bonds is 6. The van der Waals surface area contributed by atoms with Crippen LogP contribution in [-0.2, 0) is 4.79 Å². The first-order valence-electron chi connectivity index (χ1n) is 8.18. The van der Waals surface area contributed by atoms with Crippen LogP contribution < -0.4 is 5.32 Å². The number of aliphatic carboxylic acids is 1. The zero-order valence-corrected chi connectivity index (χ0v) is 13.9. The van der Waals surface area contributed by atoms with Gasteiger partial charge in [-0.25, -0.2) is 0 Å². The maximum atomic E-state index is 12.6. The largest absolute Gasteiger partial charge is 0.480 e. The molecule has 7 nitrogen and oxygen atoms in total. The number of likely N-dealkylation sites (N-methyl/N-ethyl adjacent to an activating group) is 1. The average Bonchev–Trinajstić information content (AvgIpc) is 2.95. The Morgan fingerprint density at radius 1 is 1.42 bits per heavy atom. The molecule has 0 saturated heterocycles. The van der Waals surface area contributed by atoms with Crippen molar-refractivity contribution in [3.05, 3.63) is 29.5 Å². The summed E-state index contributed by atoms with van der Waals surface area (Å²) in [5, 5.41) is 19.8. The van der Waals surface area contributed by atoms with Gasteiger partial charge < -0.3 is 10.4 Å². The Bertz CT molecular complexity index is 764. The predicted molar refractivity (Wildman–Crippen MR) is 90.0 cm³/mol. The highest BCUT2D eigenvalue weighted by Crippen LogP contribution is 2.26. The molecule has 1 heterocycles. The van der Waals surface area contributed by atoms with Crippen molar-refractivity contribution in [2.24, 2.45) is 0 Å². The second-order valence-electron chi connectivity index (χ2n) is 6.40. The highest BCUT2D eigenvalue weighted by Gasteiger charge is 2.35. The number of aryl methyl sites for hydroxylation is 1. The molecule has 3 rings (SSSR count). The molecule has 0 aliphatic heterocycles. The second-order valence-corrected chi connectivity index (χ2v) is 6.40. The highest BCUT2D eigenvalue weighted by molar-refractivity contribution is 6.05. The second kappa shape index (κ2) is 6.60. The number of benzene rings is 1. The molecule has 1 saturated carbocycles. The Labute approximate surface area is 140 Å². The first-order valence-corrected chi connectivity index (χ1v) is 8.18. The number of amides is 1. The van der Waals surface area contributed by atoms with E-state index in [1.165, 1.54) is 0 Å². The molecule has 1 aromatic carbocycles. The Morgan fingerprint density at radius 2 is 2.17 bits per heavy atom. The minimum absolute atomic E-state index is 0.0501. The number of carbonyl (C=O) groups excluding carboxylic acids is 1. The summed E-state index contributed by atoms with van der Waals surface area (Å²) >= 11 is 0. The maximum Gasteiger partial charge on any atom is 0.317 e. The summed E-state index contributed by atoms with van der Waals surface area (Å²) in [5.41, 5.74) is 2.36. The van der Waals surface area contributed by atoms with E-state index in [2.05, 4.69) is 15.5 Å². The smallest absolute Gasteiger partial charge is 0.317 e. The lowest BCUT2D eigenvalue weighted by Gasteiger charge is -2.42. The molecule has 7 heteroatoms. The number of nitrogens with one attached hydrogen (secondary N) is 2. The fourth-order valence-electron chi connectivity index (χ4n) is 3.33. The van der Waals surface area contributed by atoms with Crippen LogP contribution in [0.3, 0.4) is 0 Å². The van der Waals surface area contributed by atoms with Gasteiger partial charge in [0.05, 0.1) is 23.8 Å². The number of fused-ring (bicyclic) bond motifs is 1. The van der Waals surface area contributed by atoms with Crippen molar-refractivity contribution in [2.45, 2.75) is 38.8 Å². The number of hydrogen-bond acceptors (Lipinski definition) is 4. The third-order valence-electron chi connectivity index (χ3n) is 4.65. The quantitative estimate of drug-likeness (QED) is 0.746. The van der Waals surface area contributed by atoms with Crippen LogP contribution in [0.25, 0.3) is 10.9 Å². The molecule has 0 bridgehead atoms. The Hall–Kier alpha value is -2.41. The van der Waals surface area contributed by atoms with Gasteiger partial charge in [-0.05, 0) is 44.0 Å². The average molecular weight is 330 g/mol. The van der Waals surface area contributed by atoms with Gasteiger partial charge in [-0.15, -0.1) is 0 Å². The van der Waals surface area contributed by atoms with E-state index in [1.807, 2.05) is 30.9 Å². The predicted octanol–water partition coefficient (Wildman–Crippen LogP) is 1.54. The summed E-state index contributed by atoms with van der Waals surface area (Å²) in [6.07, 6.45) is 3.28. The van der Waals surface area contributed by atoms with Crippen molar-refractivity contribution in [2.75, 3.05) is 13.1 Å². The van der Waals surface area contributed by atoms with E-state index < -0.39 is 5.97 Å². The topological polar surface area (TPSA) is 98.3 Å². The normalized spacial score (nSPS) is 20.1. The number of carboxylic acid groups (broad SMARTS) is 1. The molecular weight excluding hydrogens is 308 g/mol. The summed E-state index contributed by atoms with van der Waals surface area (Å²) in [6, 6.07) is 4.15. The van der Waals surface area contributed by atoms with Crippen molar-refractivity contribution >= 4 is 22.8 Å². The van der Waals surface area contributed by atoms with Gasteiger partial charge in [0.2, 0.25) is 0 Å². The van der Waals surface area contributed by atoms with Crippen LogP contribution in [0, 0.1) is 6.92 Å². The lowest BCUT2D eigenvalue weighted by molar-refractivity contribution is -0.139. The van der Waals surface area contributed by atoms with Gasteiger partial charge in [-0.1, -0.05) is 6.92 Å². The van der Waals surface area contributed by atoms with E-state index in [1.54, 1.807) is 6.20 Å². The van der Waals surface area contributed by atoms with Crippen molar-refractivity contribution in [1.29, 1.82) is 0 Å². The molecule has 1 aliphatic carbocycles. The third kappa shape index (κ3) is 3.26. The minimum Gasteiger partial charge on any atom is -0.480 e. The number of nitrogens with zero attached hydrogens (tertiary/aromatic N) is 2. The molecule has 1 amide bonds. The molecule has 1 fully saturated rings. The Kier molecular flexibility index (Phi) is 4.53. The van der Waals surface area contributed by atoms with Crippen molar-refractivity contribution in [3.63, 3.8) is 0 Å². The monoisotopic (exact) mass is 330 g/mol. The lowest BCUT2D eigenvalue weighted by atomic mass is 9.85. The van der Waals surface area contributed by atoms with Crippen LogP contribution in [0.1, 0.15) is 35.7 Å². The molecule has 3 N–H and O–H groups in total. The summed E-state index contributed by atoms with van der Waals surface area (Å²) in [7, 11) is 0. The molecular formula is C17H22N4O3. The molecule has 0 unspecified atom stereocenters. The van der Waals surface area contributed by atoms with Crippen molar-refractivity contribution in [3.8, 4) is 0 Å². The van der Waals surface area contributed by atoms with E-state index in [0.717, 1.165) is 29.3 Å². The number of carbonyl (C=O) groups is 2. The molecule has 0 radical (unpaired) electrons. The molecule has 0 atom stereocenters.